The molecule has 1 aliphatic rings. The van der Waals surface area contributed by atoms with Crippen LogP contribution in [-0.2, 0) is 0 Å². The van der Waals surface area contributed by atoms with Crippen LogP contribution in [0, 0.1) is 11.3 Å². The molecule has 1 aliphatic heterocycles. The lowest BCUT2D eigenvalue weighted by Crippen LogP contribution is -2.12. The van der Waals surface area contributed by atoms with Gasteiger partial charge in [0.1, 0.15) is 22.4 Å². The molecule has 0 saturated carbocycles. The first kappa shape index (κ1) is 15.1. The highest BCUT2D eigenvalue weighted by atomic mass is 32.1. The number of ether oxygens (including phenoxy) is 1. The number of benzene rings is 1. The SMILES string of the molecule is COc1ccccc1-c1csc(C(C#N)=C2C=CC=CN2C)n1. The van der Waals surface area contributed by atoms with Crippen molar-refractivity contribution < 1.29 is 4.74 Å². The highest BCUT2D eigenvalue weighted by Crippen LogP contribution is 2.33. The molecule has 23 heavy (non-hydrogen) atoms. The lowest BCUT2D eigenvalue weighted by Gasteiger charge is -2.18. The second kappa shape index (κ2) is 6.51. The minimum Gasteiger partial charge on any atom is -0.496 e. The van der Waals surface area contributed by atoms with Gasteiger partial charge in [-0.2, -0.15) is 5.26 Å². The summed E-state index contributed by atoms with van der Waals surface area (Å²) in [6.45, 7) is 0. The van der Waals surface area contributed by atoms with E-state index in [0.717, 1.165) is 22.7 Å². The van der Waals surface area contributed by atoms with Crippen LogP contribution in [0.1, 0.15) is 5.01 Å². The molecule has 0 spiro atoms. The number of nitrogens with zero attached hydrogens (tertiary/aromatic N) is 3. The Bertz CT molecular complexity index is 855. The Labute approximate surface area is 139 Å². The first-order valence-corrected chi connectivity index (χ1v) is 7.94. The van der Waals surface area contributed by atoms with Crippen LogP contribution in [-0.4, -0.2) is 24.0 Å². The van der Waals surface area contributed by atoms with E-state index in [1.165, 1.54) is 11.3 Å². The van der Waals surface area contributed by atoms with Gasteiger partial charge < -0.3 is 9.64 Å². The maximum absolute atomic E-state index is 9.58. The summed E-state index contributed by atoms with van der Waals surface area (Å²) in [5.41, 5.74) is 3.15. The maximum atomic E-state index is 9.58. The van der Waals surface area contributed by atoms with Gasteiger partial charge >= 0.3 is 0 Å². The fourth-order valence-electron chi connectivity index (χ4n) is 2.37. The number of hydrogen-bond acceptors (Lipinski definition) is 5. The van der Waals surface area contributed by atoms with Crippen LogP contribution in [0.15, 0.2) is 59.8 Å². The van der Waals surface area contributed by atoms with E-state index in [-0.39, 0.29) is 0 Å². The van der Waals surface area contributed by atoms with E-state index < -0.39 is 0 Å². The molecule has 0 fully saturated rings. The van der Waals surface area contributed by atoms with Gasteiger partial charge in [-0.15, -0.1) is 11.3 Å². The first-order chi connectivity index (χ1) is 11.2. The van der Waals surface area contributed by atoms with Crippen molar-refractivity contribution in [3.8, 4) is 23.1 Å². The van der Waals surface area contributed by atoms with Gasteiger partial charge in [-0.1, -0.05) is 18.2 Å². The molecule has 2 aromatic rings. The molecule has 0 atom stereocenters. The van der Waals surface area contributed by atoms with Crippen LogP contribution < -0.4 is 4.74 Å². The molecular formula is C18H15N3OS. The summed E-state index contributed by atoms with van der Waals surface area (Å²) in [7, 11) is 3.56. The second-order valence-corrected chi connectivity index (χ2v) is 5.78. The predicted molar refractivity (Wildman–Crippen MR) is 92.7 cm³/mol. The van der Waals surface area contributed by atoms with Crippen LogP contribution in [0.5, 0.6) is 5.75 Å². The van der Waals surface area contributed by atoms with Gasteiger partial charge in [-0.05, 0) is 24.3 Å². The van der Waals surface area contributed by atoms with E-state index in [2.05, 4.69) is 11.1 Å². The van der Waals surface area contributed by atoms with Gasteiger partial charge in [0.05, 0.1) is 18.5 Å². The van der Waals surface area contributed by atoms with Crippen molar-refractivity contribution in [1.29, 1.82) is 5.26 Å². The highest BCUT2D eigenvalue weighted by molar-refractivity contribution is 7.11. The van der Waals surface area contributed by atoms with Crippen LogP contribution in [0.4, 0.5) is 0 Å². The van der Waals surface area contributed by atoms with E-state index >= 15 is 0 Å². The van der Waals surface area contributed by atoms with Gasteiger partial charge in [0.2, 0.25) is 0 Å². The molecule has 0 radical (unpaired) electrons. The molecule has 4 nitrogen and oxygen atoms in total. The van der Waals surface area contributed by atoms with Crippen molar-refractivity contribution >= 4 is 16.9 Å². The first-order valence-electron chi connectivity index (χ1n) is 7.06. The molecule has 5 heteroatoms. The number of likely N-dealkylation sites (N-methyl/N-ethyl adjacent to an activating group) is 1. The fraction of sp³-hybridized carbons (Fsp3) is 0.111. The zero-order valence-electron chi connectivity index (χ0n) is 12.9. The van der Waals surface area contributed by atoms with Gasteiger partial charge in [-0.3, -0.25) is 0 Å². The van der Waals surface area contributed by atoms with E-state index in [9.17, 15) is 5.26 Å². The van der Waals surface area contributed by atoms with Crippen molar-refractivity contribution in [2.24, 2.45) is 0 Å². The third-order valence-electron chi connectivity index (χ3n) is 3.52. The summed E-state index contributed by atoms with van der Waals surface area (Å²) >= 11 is 1.46. The third-order valence-corrected chi connectivity index (χ3v) is 4.38. The number of allylic oxidation sites excluding steroid dienone is 4. The summed E-state index contributed by atoms with van der Waals surface area (Å²) in [4.78, 5) is 6.56. The molecule has 3 rings (SSSR count). The van der Waals surface area contributed by atoms with Crippen molar-refractivity contribution in [3.05, 3.63) is 64.8 Å². The molecule has 1 aromatic carbocycles. The Balaban J connectivity index is 2.05. The molecule has 0 saturated heterocycles. The Morgan fingerprint density at radius 1 is 1.30 bits per heavy atom. The van der Waals surface area contributed by atoms with E-state index in [1.807, 2.05) is 66.0 Å². The topological polar surface area (TPSA) is 49.1 Å². The summed E-state index contributed by atoms with van der Waals surface area (Å²) in [6.07, 6.45) is 7.69. The highest BCUT2D eigenvalue weighted by Gasteiger charge is 2.16. The molecular weight excluding hydrogens is 306 g/mol. The zero-order valence-corrected chi connectivity index (χ0v) is 13.7. The molecule has 1 aromatic heterocycles. The number of nitriles is 1. The Morgan fingerprint density at radius 3 is 2.87 bits per heavy atom. The van der Waals surface area contributed by atoms with Crippen molar-refractivity contribution in [2.45, 2.75) is 0 Å². The minimum atomic E-state index is 0.569. The van der Waals surface area contributed by atoms with Crippen molar-refractivity contribution in [3.63, 3.8) is 0 Å². The van der Waals surface area contributed by atoms with E-state index in [4.69, 9.17) is 4.74 Å². The predicted octanol–water partition coefficient (Wildman–Crippen LogP) is 4.07. The van der Waals surface area contributed by atoms with E-state index in [0.29, 0.717) is 10.6 Å². The standard InChI is InChI=1S/C18H15N3OS/c1-21-10-6-5-8-16(21)14(11-19)18-20-15(12-23-18)13-7-3-4-9-17(13)22-2/h3-10,12H,1-2H3. The van der Waals surface area contributed by atoms with Crippen molar-refractivity contribution in [2.75, 3.05) is 14.2 Å². The van der Waals surface area contributed by atoms with Crippen LogP contribution >= 0.6 is 11.3 Å². The maximum Gasteiger partial charge on any atom is 0.136 e. The number of rotatable bonds is 3. The smallest absolute Gasteiger partial charge is 0.136 e. The van der Waals surface area contributed by atoms with Crippen LogP contribution in [0.3, 0.4) is 0 Å². The lowest BCUT2D eigenvalue weighted by molar-refractivity contribution is 0.416. The fourth-order valence-corrected chi connectivity index (χ4v) is 3.19. The minimum absolute atomic E-state index is 0.569. The number of thiazole rings is 1. The number of aromatic nitrogens is 1. The van der Waals surface area contributed by atoms with Gasteiger partial charge in [0.15, 0.2) is 0 Å². The molecule has 0 unspecified atom stereocenters. The molecule has 114 valence electrons. The Hall–Kier alpha value is -2.84. The summed E-state index contributed by atoms with van der Waals surface area (Å²) in [6, 6.07) is 10.0. The zero-order chi connectivity index (χ0) is 16.2. The monoisotopic (exact) mass is 321 g/mol. The molecule has 0 N–H and O–H groups in total. The number of para-hydroxylation sites is 1. The van der Waals surface area contributed by atoms with Gasteiger partial charge in [0, 0.05) is 24.2 Å². The van der Waals surface area contributed by atoms with Gasteiger partial charge in [0.25, 0.3) is 0 Å². The quantitative estimate of drug-likeness (QED) is 0.800. The van der Waals surface area contributed by atoms with Gasteiger partial charge in [-0.25, -0.2) is 4.98 Å². The van der Waals surface area contributed by atoms with Crippen LogP contribution in [0.2, 0.25) is 0 Å². The number of methoxy groups -OCH3 is 1. The Morgan fingerprint density at radius 2 is 2.13 bits per heavy atom. The average molecular weight is 321 g/mol. The summed E-state index contributed by atoms with van der Waals surface area (Å²) < 4.78 is 5.39. The Kier molecular flexibility index (Phi) is 4.26. The third kappa shape index (κ3) is 2.89. The summed E-state index contributed by atoms with van der Waals surface area (Å²) in [5.74, 6) is 0.771. The lowest BCUT2D eigenvalue weighted by atomic mass is 10.1. The average Bonchev–Trinajstić information content (AvgIpc) is 3.07. The molecule has 0 bridgehead atoms. The number of hydrogen-bond donors (Lipinski definition) is 0. The normalized spacial score (nSPS) is 15.4. The molecule has 2 heterocycles. The summed E-state index contributed by atoms with van der Waals surface area (Å²) in [5, 5.41) is 12.2. The molecule has 0 aliphatic carbocycles. The van der Waals surface area contributed by atoms with Crippen LogP contribution in [0.25, 0.3) is 16.8 Å². The second-order valence-electron chi connectivity index (χ2n) is 4.92. The largest absolute Gasteiger partial charge is 0.496 e. The van der Waals surface area contributed by atoms with E-state index in [1.54, 1.807) is 7.11 Å². The molecule has 0 amide bonds. The van der Waals surface area contributed by atoms with Crippen molar-refractivity contribution in [1.82, 2.24) is 9.88 Å².